The van der Waals surface area contributed by atoms with Gasteiger partial charge in [0.2, 0.25) is 0 Å². The fraction of sp³-hybridized carbons (Fsp3) is 0.158. The van der Waals surface area contributed by atoms with Gasteiger partial charge in [-0.3, -0.25) is 4.90 Å². The first-order valence-electron chi connectivity index (χ1n) is 7.21. The summed E-state index contributed by atoms with van der Waals surface area (Å²) in [6.45, 7) is 1.44. The molecule has 0 amide bonds. The van der Waals surface area contributed by atoms with Crippen molar-refractivity contribution < 1.29 is 4.74 Å². The van der Waals surface area contributed by atoms with E-state index in [1.807, 2.05) is 55.6 Å². The molecule has 0 fully saturated rings. The summed E-state index contributed by atoms with van der Waals surface area (Å²) in [5.41, 5.74) is 2.24. The standard InChI is InChI=1S/C19H18N2O/c1-3-11-21(2)14-16-12-15-13-18(9-10-19(15)20-16)22-17-7-5-4-6-8-17/h1,4-10,12-13,20H,11,14H2,2H3. The normalized spacial score (nSPS) is 10.8. The van der Waals surface area contributed by atoms with Crippen molar-refractivity contribution in [1.82, 2.24) is 9.88 Å². The molecule has 3 nitrogen and oxygen atoms in total. The van der Waals surface area contributed by atoms with Crippen LogP contribution in [0.2, 0.25) is 0 Å². The number of benzene rings is 2. The predicted octanol–water partition coefficient (Wildman–Crippen LogP) is 4.03. The number of ether oxygens (including phenoxy) is 1. The van der Waals surface area contributed by atoms with Crippen molar-refractivity contribution in [3.8, 4) is 23.8 Å². The fourth-order valence-corrected chi connectivity index (χ4v) is 2.45. The van der Waals surface area contributed by atoms with Crippen LogP contribution in [-0.2, 0) is 6.54 Å². The highest BCUT2D eigenvalue weighted by molar-refractivity contribution is 5.82. The van der Waals surface area contributed by atoms with E-state index in [9.17, 15) is 0 Å². The Morgan fingerprint density at radius 3 is 2.68 bits per heavy atom. The molecular formula is C19H18N2O. The van der Waals surface area contributed by atoms with Crippen molar-refractivity contribution in [2.24, 2.45) is 0 Å². The third-order valence-electron chi connectivity index (χ3n) is 3.43. The molecule has 1 heterocycles. The first-order valence-corrected chi connectivity index (χ1v) is 7.21. The Balaban J connectivity index is 1.80. The Morgan fingerprint density at radius 2 is 1.91 bits per heavy atom. The molecule has 0 unspecified atom stereocenters. The molecule has 3 aromatic rings. The number of nitrogens with zero attached hydrogens (tertiary/aromatic N) is 1. The van der Waals surface area contributed by atoms with Gasteiger partial charge in [-0.05, 0) is 43.4 Å². The summed E-state index contributed by atoms with van der Waals surface area (Å²) in [5, 5.41) is 1.14. The highest BCUT2D eigenvalue weighted by Gasteiger charge is 2.05. The van der Waals surface area contributed by atoms with Crippen LogP contribution in [-0.4, -0.2) is 23.5 Å². The van der Waals surface area contributed by atoms with Gasteiger partial charge in [0, 0.05) is 23.1 Å². The number of para-hydroxylation sites is 1. The summed E-state index contributed by atoms with van der Waals surface area (Å²) in [4.78, 5) is 5.50. The first-order chi connectivity index (χ1) is 10.7. The van der Waals surface area contributed by atoms with E-state index < -0.39 is 0 Å². The van der Waals surface area contributed by atoms with Crippen molar-refractivity contribution in [2.45, 2.75) is 6.54 Å². The molecule has 1 N–H and O–H groups in total. The molecule has 0 atom stereocenters. The molecule has 0 saturated carbocycles. The SMILES string of the molecule is C#CCN(C)Cc1cc2cc(Oc3ccccc3)ccc2[nH]1. The molecule has 0 saturated heterocycles. The maximum absolute atomic E-state index is 5.86. The minimum Gasteiger partial charge on any atom is -0.457 e. The van der Waals surface area contributed by atoms with Crippen LogP contribution in [0.4, 0.5) is 0 Å². The number of rotatable bonds is 5. The number of terminal acetylenes is 1. The minimum atomic E-state index is 0.637. The van der Waals surface area contributed by atoms with Gasteiger partial charge in [0.1, 0.15) is 11.5 Å². The molecule has 0 aliphatic carbocycles. The summed E-state index contributed by atoms with van der Waals surface area (Å²) in [7, 11) is 2.01. The van der Waals surface area contributed by atoms with Gasteiger partial charge in [0.25, 0.3) is 0 Å². The Labute approximate surface area is 130 Å². The third-order valence-corrected chi connectivity index (χ3v) is 3.43. The zero-order valence-corrected chi connectivity index (χ0v) is 12.5. The zero-order valence-electron chi connectivity index (χ0n) is 12.5. The van der Waals surface area contributed by atoms with Crippen LogP contribution in [0.25, 0.3) is 10.9 Å². The Bertz CT molecular complexity index is 799. The predicted molar refractivity (Wildman–Crippen MR) is 90.0 cm³/mol. The molecule has 0 aliphatic rings. The van der Waals surface area contributed by atoms with E-state index in [4.69, 9.17) is 11.2 Å². The first kappa shape index (κ1) is 14.2. The number of hydrogen-bond donors (Lipinski definition) is 1. The molecular weight excluding hydrogens is 272 g/mol. The smallest absolute Gasteiger partial charge is 0.128 e. The number of aromatic nitrogens is 1. The second kappa shape index (κ2) is 6.38. The van der Waals surface area contributed by atoms with E-state index >= 15 is 0 Å². The second-order valence-electron chi connectivity index (χ2n) is 5.34. The van der Waals surface area contributed by atoms with Crippen LogP contribution in [0, 0.1) is 12.3 Å². The number of fused-ring (bicyclic) bond motifs is 1. The van der Waals surface area contributed by atoms with Crippen LogP contribution >= 0.6 is 0 Å². The van der Waals surface area contributed by atoms with Gasteiger partial charge in [-0.25, -0.2) is 0 Å². The van der Waals surface area contributed by atoms with Crippen molar-refractivity contribution in [3.63, 3.8) is 0 Å². The van der Waals surface area contributed by atoms with Crippen molar-refractivity contribution in [1.29, 1.82) is 0 Å². The fourth-order valence-electron chi connectivity index (χ4n) is 2.45. The largest absolute Gasteiger partial charge is 0.457 e. The quantitative estimate of drug-likeness (QED) is 0.719. The van der Waals surface area contributed by atoms with Crippen molar-refractivity contribution in [2.75, 3.05) is 13.6 Å². The number of nitrogens with one attached hydrogen (secondary N) is 1. The van der Waals surface area contributed by atoms with E-state index in [0.717, 1.165) is 34.6 Å². The van der Waals surface area contributed by atoms with E-state index in [1.165, 1.54) is 0 Å². The van der Waals surface area contributed by atoms with E-state index in [2.05, 4.69) is 21.9 Å². The molecule has 1 aromatic heterocycles. The molecule has 2 aromatic carbocycles. The lowest BCUT2D eigenvalue weighted by molar-refractivity contribution is 0.365. The zero-order chi connectivity index (χ0) is 15.4. The summed E-state index contributed by atoms with van der Waals surface area (Å²) in [6.07, 6.45) is 5.33. The Kier molecular flexibility index (Phi) is 4.13. The minimum absolute atomic E-state index is 0.637. The summed E-state index contributed by atoms with van der Waals surface area (Å²) < 4.78 is 5.86. The average molecular weight is 290 g/mol. The topological polar surface area (TPSA) is 28.3 Å². The number of hydrogen-bond acceptors (Lipinski definition) is 2. The summed E-state index contributed by atoms with van der Waals surface area (Å²) in [5.74, 6) is 4.32. The molecule has 3 rings (SSSR count). The van der Waals surface area contributed by atoms with E-state index in [0.29, 0.717) is 6.54 Å². The van der Waals surface area contributed by atoms with E-state index in [1.54, 1.807) is 0 Å². The van der Waals surface area contributed by atoms with Gasteiger partial charge >= 0.3 is 0 Å². The van der Waals surface area contributed by atoms with Crippen LogP contribution in [0.5, 0.6) is 11.5 Å². The van der Waals surface area contributed by atoms with Crippen LogP contribution in [0.3, 0.4) is 0 Å². The van der Waals surface area contributed by atoms with Crippen LogP contribution < -0.4 is 4.74 Å². The van der Waals surface area contributed by atoms with Crippen molar-refractivity contribution >= 4 is 10.9 Å². The summed E-state index contributed by atoms with van der Waals surface area (Å²) in [6, 6.07) is 18.0. The van der Waals surface area contributed by atoms with Crippen LogP contribution in [0.1, 0.15) is 5.69 Å². The number of aromatic amines is 1. The molecule has 0 spiro atoms. The lowest BCUT2D eigenvalue weighted by Crippen LogP contribution is -2.17. The Hall–Kier alpha value is -2.70. The van der Waals surface area contributed by atoms with Crippen molar-refractivity contribution in [3.05, 3.63) is 60.3 Å². The average Bonchev–Trinajstić information content (AvgIpc) is 2.90. The molecule has 3 heteroatoms. The second-order valence-corrected chi connectivity index (χ2v) is 5.34. The number of H-pyrrole nitrogens is 1. The monoisotopic (exact) mass is 290 g/mol. The lowest BCUT2D eigenvalue weighted by atomic mass is 10.2. The van der Waals surface area contributed by atoms with E-state index in [-0.39, 0.29) is 0 Å². The highest BCUT2D eigenvalue weighted by Crippen LogP contribution is 2.26. The van der Waals surface area contributed by atoms with Gasteiger partial charge in [0.15, 0.2) is 0 Å². The molecule has 110 valence electrons. The molecule has 22 heavy (non-hydrogen) atoms. The third kappa shape index (κ3) is 3.30. The molecule has 0 aliphatic heterocycles. The van der Waals surface area contributed by atoms with Gasteiger partial charge in [0.05, 0.1) is 6.54 Å². The van der Waals surface area contributed by atoms with Crippen LogP contribution in [0.15, 0.2) is 54.6 Å². The van der Waals surface area contributed by atoms with Gasteiger partial charge in [-0.15, -0.1) is 6.42 Å². The summed E-state index contributed by atoms with van der Waals surface area (Å²) >= 11 is 0. The maximum atomic E-state index is 5.86. The molecule has 0 radical (unpaired) electrons. The van der Waals surface area contributed by atoms with Gasteiger partial charge in [-0.1, -0.05) is 24.1 Å². The molecule has 0 bridgehead atoms. The lowest BCUT2D eigenvalue weighted by Gasteiger charge is -2.10. The van der Waals surface area contributed by atoms with Gasteiger partial charge < -0.3 is 9.72 Å². The Morgan fingerprint density at radius 1 is 1.09 bits per heavy atom. The maximum Gasteiger partial charge on any atom is 0.128 e. The van der Waals surface area contributed by atoms with Gasteiger partial charge in [-0.2, -0.15) is 0 Å². The highest BCUT2D eigenvalue weighted by atomic mass is 16.5.